The summed E-state index contributed by atoms with van der Waals surface area (Å²) in [6.07, 6.45) is 3.05. The normalized spacial score (nSPS) is 23.4. The highest BCUT2D eigenvalue weighted by molar-refractivity contribution is 5.92. The van der Waals surface area contributed by atoms with Crippen molar-refractivity contribution < 1.29 is 9.53 Å². The summed E-state index contributed by atoms with van der Waals surface area (Å²) >= 11 is 0. The number of aromatic nitrogens is 2. The van der Waals surface area contributed by atoms with E-state index in [1.54, 1.807) is 0 Å². The van der Waals surface area contributed by atoms with Crippen molar-refractivity contribution in [2.75, 3.05) is 19.7 Å². The topological polar surface area (TPSA) is 47.4 Å². The summed E-state index contributed by atoms with van der Waals surface area (Å²) in [4.78, 5) is 14.4. The quantitative estimate of drug-likeness (QED) is 0.850. The maximum absolute atomic E-state index is 12.5. The third-order valence-corrected chi connectivity index (χ3v) is 3.85. The van der Waals surface area contributed by atoms with Crippen LogP contribution in [0.3, 0.4) is 0 Å². The van der Waals surface area contributed by atoms with Gasteiger partial charge in [-0.3, -0.25) is 9.48 Å². The van der Waals surface area contributed by atoms with E-state index in [2.05, 4.69) is 25.9 Å². The number of carbonyl (C=O) groups excluding carboxylic acids is 1. The first-order valence-electron chi connectivity index (χ1n) is 7.49. The number of amides is 1. The van der Waals surface area contributed by atoms with Crippen molar-refractivity contribution in [2.45, 2.75) is 46.3 Å². The minimum atomic E-state index is 0.0335. The summed E-state index contributed by atoms with van der Waals surface area (Å²) in [5, 5.41) is 4.36. The lowest BCUT2D eigenvalue weighted by Gasteiger charge is -2.36. The van der Waals surface area contributed by atoms with Crippen molar-refractivity contribution in [1.82, 2.24) is 14.7 Å². The van der Waals surface area contributed by atoms with Crippen molar-refractivity contribution in [3.8, 4) is 0 Å². The summed E-state index contributed by atoms with van der Waals surface area (Å²) in [7, 11) is 0. The zero-order valence-electron chi connectivity index (χ0n) is 12.9. The van der Waals surface area contributed by atoms with Gasteiger partial charge >= 0.3 is 0 Å². The maximum Gasteiger partial charge on any atom is 0.274 e. The van der Waals surface area contributed by atoms with Gasteiger partial charge < -0.3 is 9.64 Å². The lowest BCUT2D eigenvalue weighted by molar-refractivity contribution is -0.0180. The van der Waals surface area contributed by atoms with E-state index in [-0.39, 0.29) is 18.1 Å². The van der Waals surface area contributed by atoms with Gasteiger partial charge in [-0.05, 0) is 39.2 Å². The van der Waals surface area contributed by atoms with Crippen LogP contribution in [0.1, 0.15) is 50.6 Å². The minimum absolute atomic E-state index is 0.0335. The Hall–Kier alpha value is -1.36. The summed E-state index contributed by atoms with van der Waals surface area (Å²) in [5.74, 6) is 0.408. The molecule has 0 bridgehead atoms. The van der Waals surface area contributed by atoms with Gasteiger partial charge in [-0.15, -0.1) is 0 Å². The molecule has 1 aromatic rings. The fourth-order valence-electron chi connectivity index (χ4n) is 2.67. The fraction of sp³-hybridized carbons (Fsp3) is 0.733. The Labute approximate surface area is 120 Å². The van der Waals surface area contributed by atoms with Gasteiger partial charge in [-0.2, -0.15) is 5.10 Å². The third-order valence-electron chi connectivity index (χ3n) is 3.85. The third kappa shape index (κ3) is 3.20. The molecule has 5 nitrogen and oxygen atoms in total. The van der Waals surface area contributed by atoms with Crippen LogP contribution >= 0.6 is 0 Å². The molecule has 1 aliphatic rings. The van der Waals surface area contributed by atoms with E-state index in [1.807, 2.05) is 28.8 Å². The molecule has 0 unspecified atom stereocenters. The van der Waals surface area contributed by atoms with Gasteiger partial charge in [0.25, 0.3) is 5.91 Å². The molecule has 0 aromatic carbocycles. The second-order valence-electron chi connectivity index (χ2n) is 5.79. The lowest BCUT2D eigenvalue weighted by atomic mass is 9.96. The van der Waals surface area contributed by atoms with E-state index in [0.29, 0.717) is 11.6 Å². The van der Waals surface area contributed by atoms with Gasteiger partial charge in [0, 0.05) is 31.9 Å². The standard InChI is InChI=1S/C15H25N3O2/c1-5-20-14-7-8-17(10-12(14)4)15(19)13-6-9-18(16-13)11(2)3/h6,9,11-12,14H,5,7-8,10H2,1-4H3/t12-,14+/m0/s1. The van der Waals surface area contributed by atoms with E-state index in [4.69, 9.17) is 4.74 Å². The van der Waals surface area contributed by atoms with Gasteiger partial charge in [-0.1, -0.05) is 6.92 Å². The molecular formula is C15H25N3O2. The first kappa shape index (κ1) is 15.0. The fourth-order valence-corrected chi connectivity index (χ4v) is 2.67. The summed E-state index contributed by atoms with van der Waals surface area (Å²) in [5.41, 5.74) is 0.542. The molecule has 2 heterocycles. The molecule has 0 N–H and O–H groups in total. The van der Waals surface area contributed by atoms with E-state index in [1.165, 1.54) is 0 Å². The first-order chi connectivity index (χ1) is 9.52. The number of hydrogen-bond donors (Lipinski definition) is 0. The Morgan fingerprint density at radius 3 is 2.85 bits per heavy atom. The van der Waals surface area contributed by atoms with Gasteiger partial charge in [0.05, 0.1) is 6.10 Å². The van der Waals surface area contributed by atoms with Crippen LogP contribution in [-0.4, -0.2) is 46.4 Å². The van der Waals surface area contributed by atoms with Gasteiger partial charge in [0.2, 0.25) is 0 Å². The maximum atomic E-state index is 12.5. The molecule has 5 heteroatoms. The number of likely N-dealkylation sites (tertiary alicyclic amines) is 1. The average Bonchev–Trinajstić information content (AvgIpc) is 2.90. The van der Waals surface area contributed by atoms with Crippen LogP contribution in [0.15, 0.2) is 12.3 Å². The SMILES string of the molecule is CCO[C@@H]1CCN(C(=O)c2ccn(C(C)C)n2)C[C@@H]1C. The highest BCUT2D eigenvalue weighted by Gasteiger charge is 2.30. The van der Waals surface area contributed by atoms with E-state index < -0.39 is 0 Å². The van der Waals surface area contributed by atoms with Crippen LogP contribution in [0, 0.1) is 5.92 Å². The smallest absolute Gasteiger partial charge is 0.274 e. The van der Waals surface area contributed by atoms with Crippen LogP contribution in [0.5, 0.6) is 0 Å². The van der Waals surface area contributed by atoms with Crippen molar-refractivity contribution >= 4 is 5.91 Å². The Balaban J connectivity index is 1.99. The van der Waals surface area contributed by atoms with Crippen molar-refractivity contribution in [3.05, 3.63) is 18.0 Å². The van der Waals surface area contributed by atoms with Crippen molar-refractivity contribution in [2.24, 2.45) is 5.92 Å². The lowest BCUT2D eigenvalue weighted by Crippen LogP contribution is -2.46. The Morgan fingerprint density at radius 1 is 1.55 bits per heavy atom. The summed E-state index contributed by atoms with van der Waals surface area (Å²) in [6, 6.07) is 2.08. The van der Waals surface area contributed by atoms with E-state index >= 15 is 0 Å². The monoisotopic (exact) mass is 279 g/mol. The van der Waals surface area contributed by atoms with E-state index in [0.717, 1.165) is 26.1 Å². The predicted molar refractivity (Wildman–Crippen MR) is 77.7 cm³/mol. The first-order valence-corrected chi connectivity index (χ1v) is 7.49. The number of ether oxygens (including phenoxy) is 1. The summed E-state index contributed by atoms with van der Waals surface area (Å²) < 4.78 is 7.53. The van der Waals surface area contributed by atoms with Gasteiger partial charge in [0.15, 0.2) is 0 Å². The largest absolute Gasteiger partial charge is 0.378 e. The van der Waals surface area contributed by atoms with Crippen LogP contribution in [0.4, 0.5) is 0 Å². The molecule has 0 spiro atoms. The second-order valence-corrected chi connectivity index (χ2v) is 5.79. The van der Waals surface area contributed by atoms with Crippen LogP contribution in [-0.2, 0) is 4.74 Å². The minimum Gasteiger partial charge on any atom is -0.378 e. The number of rotatable bonds is 4. The zero-order chi connectivity index (χ0) is 14.7. The number of piperidine rings is 1. The average molecular weight is 279 g/mol. The number of hydrogen-bond acceptors (Lipinski definition) is 3. The molecule has 0 radical (unpaired) electrons. The zero-order valence-corrected chi connectivity index (χ0v) is 12.9. The Morgan fingerprint density at radius 2 is 2.30 bits per heavy atom. The van der Waals surface area contributed by atoms with Crippen LogP contribution in [0.25, 0.3) is 0 Å². The van der Waals surface area contributed by atoms with Crippen LogP contribution < -0.4 is 0 Å². The predicted octanol–water partition coefficient (Wildman–Crippen LogP) is 2.35. The Bertz CT molecular complexity index is 456. The molecule has 1 saturated heterocycles. The van der Waals surface area contributed by atoms with Gasteiger partial charge in [0.1, 0.15) is 5.69 Å². The number of nitrogens with zero attached hydrogens (tertiary/aromatic N) is 3. The molecule has 2 atom stereocenters. The molecule has 20 heavy (non-hydrogen) atoms. The van der Waals surface area contributed by atoms with Crippen molar-refractivity contribution in [1.29, 1.82) is 0 Å². The van der Waals surface area contributed by atoms with Gasteiger partial charge in [-0.25, -0.2) is 0 Å². The van der Waals surface area contributed by atoms with Crippen LogP contribution in [0.2, 0.25) is 0 Å². The molecule has 1 aliphatic heterocycles. The molecule has 2 rings (SSSR count). The van der Waals surface area contributed by atoms with E-state index in [9.17, 15) is 4.79 Å². The second kappa shape index (κ2) is 6.39. The highest BCUT2D eigenvalue weighted by atomic mass is 16.5. The molecule has 0 aliphatic carbocycles. The summed E-state index contributed by atoms with van der Waals surface area (Å²) in [6.45, 7) is 10.5. The molecule has 0 saturated carbocycles. The molecule has 1 aromatic heterocycles. The molecule has 1 fully saturated rings. The van der Waals surface area contributed by atoms with Crippen molar-refractivity contribution in [3.63, 3.8) is 0 Å². The Kier molecular flexibility index (Phi) is 4.81. The molecule has 1 amide bonds. The number of carbonyl (C=O) groups is 1. The molecular weight excluding hydrogens is 254 g/mol. The highest BCUT2D eigenvalue weighted by Crippen LogP contribution is 2.21. The molecule has 112 valence electrons.